The lowest BCUT2D eigenvalue weighted by Crippen LogP contribution is -2.19. The molecule has 1 unspecified atom stereocenters. The number of hydrogen-bond acceptors (Lipinski definition) is 4. The van der Waals surface area contributed by atoms with Crippen LogP contribution in [0.25, 0.3) is 23.1 Å². The summed E-state index contributed by atoms with van der Waals surface area (Å²) < 4.78 is 16.6. The number of ether oxygens (including phenoxy) is 2. The van der Waals surface area contributed by atoms with Gasteiger partial charge < -0.3 is 9.47 Å². The summed E-state index contributed by atoms with van der Waals surface area (Å²) in [5.74, 6) is 0. The quantitative estimate of drug-likeness (QED) is 0.540. The highest BCUT2D eigenvalue weighted by molar-refractivity contribution is 9.10. The van der Waals surface area contributed by atoms with Gasteiger partial charge in [0.25, 0.3) is 0 Å². The van der Waals surface area contributed by atoms with Gasteiger partial charge in [-0.2, -0.15) is 10.2 Å². The van der Waals surface area contributed by atoms with Crippen LogP contribution in [-0.4, -0.2) is 39.4 Å². The summed E-state index contributed by atoms with van der Waals surface area (Å²) in [5.41, 5.74) is 3.15. The van der Waals surface area contributed by atoms with Gasteiger partial charge in [-0.05, 0) is 62.5 Å². The minimum absolute atomic E-state index is 0.0193. The molecule has 0 N–H and O–H groups in total. The zero-order chi connectivity index (χ0) is 19.6. The molecule has 2 aromatic heterocycles. The van der Waals surface area contributed by atoms with Crippen LogP contribution in [0.15, 0.2) is 35.1 Å². The zero-order valence-corrected chi connectivity index (χ0v) is 17.9. The van der Waals surface area contributed by atoms with E-state index < -0.39 is 0 Å². The largest absolute Gasteiger partial charge is 0.381 e. The molecule has 0 spiro atoms. The summed E-state index contributed by atoms with van der Waals surface area (Å²) >= 11 is 3.60. The van der Waals surface area contributed by atoms with Crippen molar-refractivity contribution < 1.29 is 9.47 Å². The lowest BCUT2D eigenvalue weighted by molar-refractivity contribution is -0.0367. The molecule has 1 aromatic carbocycles. The van der Waals surface area contributed by atoms with E-state index in [4.69, 9.17) is 14.6 Å². The fraction of sp³-hybridized carbons (Fsp3) is 0.455. The number of aromatic nitrogens is 4. The summed E-state index contributed by atoms with van der Waals surface area (Å²) in [7, 11) is 0. The predicted octanol–water partition coefficient (Wildman–Crippen LogP) is 5.22. The van der Waals surface area contributed by atoms with E-state index in [-0.39, 0.29) is 6.23 Å². The normalized spacial score (nSPS) is 21.3. The van der Waals surface area contributed by atoms with Crippen molar-refractivity contribution in [1.29, 1.82) is 0 Å². The number of hydrogen-bond donors (Lipinski definition) is 0. The highest BCUT2D eigenvalue weighted by Crippen LogP contribution is 2.30. The second kappa shape index (κ2) is 8.42. The molecule has 0 aliphatic carbocycles. The molecule has 2 aliphatic rings. The Hall–Kier alpha value is -1.96. The smallest absolute Gasteiger partial charge is 0.150 e. The molecule has 5 rings (SSSR count). The predicted molar refractivity (Wildman–Crippen MR) is 117 cm³/mol. The first-order chi connectivity index (χ1) is 14.3. The molecule has 29 heavy (non-hydrogen) atoms. The summed E-state index contributed by atoms with van der Waals surface area (Å²) in [6.07, 6.45) is 13.6. The third-order valence-electron chi connectivity index (χ3n) is 5.75. The van der Waals surface area contributed by atoms with Crippen molar-refractivity contribution in [1.82, 2.24) is 19.6 Å². The van der Waals surface area contributed by atoms with Gasteiger partial charge in [0.1, 0.15) is 0 Å². The van der Waals surface area contributed by atoms with Crippen molar-refractivity contribution in [2.24, 2.45) is 0 Å². The van der Waals surface area contributed by atoms with Crippen LogP contribution < -0.4 is 0 Å². The summed E-state index contributed by atoms with van der Waals surface area (Å²) in [5, 5.41) is 10.6. The van der Waals surface area contributed by atoms with E-state index in [1.54, 1.807) is 0 Å². The second-order valence-corrected chi connectivity index (χ2v) is 8.66. The number of benzene rings is 1. The van der Waals surface area contributed by atoms with E-state index in [1.165, 1.54) is 6.42 Å². The van der Waals surface area contributed by atoms with Gasteiger partial charge in [-0.1, -0.05) is 15.9 Å². The highest BCUT2D eigenvalue weighted by atomic mass is 79.9. The van der Waals surface area contributed by atoms with Crippen molar-refractivity contribution in [3.63, 3.8) is 0 Å². The van der Waals surface area contributed by atoms with Crippen LogP contribution >= 0.6 is 15.9 Å². The highest BCUT2D eigenvalue weighted by Gasteiger charge is 2.20. The molecular formula is C22H25BrN4O2. The van der Waals surface area contributed by atoms with E-state index in [1.807, 2.05) is 10.9 Å². The molecule has 1 atom stereocenters. The Labute approximate surface area is 178 Å². The van der Waals surface area contributed by atoms with Gasteiger partial charge in [-0.15, -0.1) is 0 Å². The van der Waals surface area contributed by atoms with Gasteiger partial charge in [0.2, 0.25) is 0 Å². The maximum absolute atomic E-state index is 5.99. The minimum atomic E-state index is 0.0193. The molecule has 0 radical (unpaired) electrons. The average Bonchev–Trinajstić information content (AvgIpc) is 3.38. The topological polar surface area (TPSA) is 54.1 Å². The van der Waals surface area contributed by atoms with Crippen LogP contribution in [-0.2, 0) is 9.47 Å². The summed E-state index contributed by atoms with van der Waals surface area (Å²) in [6, 6.07) is 6.75. The Kier molecular flexibility index (Phi) is 5.52. The first-order valence-corrected chi connectivity index (χ1v) is 11.2. The van der Waals surface area contributed by atoms with Crippen LogP contribution in [0, 0.1) is 0 Å². The minimum Gasteiger partial charge on any atom is -0.381 e. The first kappa shape index (κ1) is 19.0. The first-order valence-electron chi connectivity index (χ1n) is 10.4. The van der Waals surface area contributed by atoms with Gasteiger partial charge >= 0.3 is 0 Å². The molecule has 0 amide bonds. The number of halogens is 1. The molecule has 2 saturated heterocycles. The standard InChI is InChI=1S/C22H25BrN4O2/c23-17-5-7-21-19(13-17)20(25-27(21)22-3-1-2-10-29-22)6-4-16-14-24-26(15-16)18-8-11-28-12-9-18/h4-7,13-15,18,22H,1-3,8-12H2/b6-4+. The van der Waals surface area contributed by atoms with E-state index in [2.05, 4.69) is 62.3 Å². The lowest BCUT2D eigenvalue weighted by Gasteiger charge is -2.23. The Balaban J connectivity index is 1.44. The molecule has 0 bridgehead atoms. The van der Waals surface area contributed by atoms with Gasteiger partial charge in [-0.3, -0.25) is 4.68 Å². The molecule has 2 fully saturated rings. The van der Waals surface area contributed by atoms with Crippen molar-refractivity contribution in [3.8, 4) is 0 Å². The maximum Gasteiger partial charge on any atom is 0.150 e. The fourth-order valence-corrected chi connectivity index (χ4v) is 4.52. The van der Waals surface area contributed by atoms with Crippen LogP contribution in [0.4, 0.5) is 0 Å². The Bertz CT molecular complexity index is 1010. The van der Waals surface area contributed by atoms with E-state index in [9.17, 15) is 0 Å². The van der Waals surface area contributed by atoms with Crippen LogP contribution in [0.2, 0.25) is 0 Å². The number of nitrogens with zero attached hydrogens (tertiary/aromatic N) is 4. The lowest BCUT2D eigenvalue weighted by atomic mass is 10.1. The summed E-state index contributed by atoms with van der Waals surface area (Å²) in [6.45, 7) is 2.44. The molecule has 4 heterocycles. The van der Waals surface area contributed by atoms with Gasteiger partial charge in [0.05, 0.1) is 23.4 Å². The van der Waals surface area contributed by atoms with Gasteiger partial charge in [-0.25, -0.2) is 4.68 Å². The van der Waals surface area contributed by atoms with E-state index in [0.717, 1.165) is 72.1 Å². The monoisotopic (exact) mass is 456 g/mol. The van der Waals surface area contributed by atoms with Crippen molar-refractivity contribution >= 4 is 39.0 Å². The Morgan fingerprint density at radius 2 is 1.97 bits per heavy atom. The molecule has 3 aromatic rings. The second-order valence-electron chi connectivity index (χ2n) is 7.74. The SMILES string of the molecule is Brc1ccc2c(c1)c(/C=C/c1cnn(C3CCOCC3)c1)nn2C1CCCCO1. The number of rotatable bonds is 4. The molecule has 7 heteroatoms. The van der Waals surface area contributed by atoms with Gasteiger partial charge in [0.15, 0.2) is 6.23 Å². The van der Waals surface area contributed by atoms with Gasteiger partial charge in [0, 0.05) is 41.4 Å². The molecule has 6 nitrogen and oxygen atoms in total. The summed E-state index contributed by atoms with van der Waals surface area (Å²) in [4.78, 5) is 0. The van der Waals surface area contributed by atoms with Crippen LogP contribution in [0.3, 0.4) is 0 Å². The molecular weight excluding hydrogens is 432 g/mol. The number of fused-ring (bicyclic) bond motifs is 1. The van der Waals surface area contributed by atoms with Crippen LogP contribution in [0.1, 0.15) is 55.6 Å². The average molecular weight is 457 g/mol. The Morgan fingerprint density at radius 3 is 2.79 bits per heavy atom. The maximum atomic E-state index is 5.99. The fourth-order valence-electron chi connectivity index (χ4n) is 4.16. The van der Waals surface area contributed by atoms with Crippen molar-refractivity contribution in [2.75, 3.05) is 19.8 Å². The molecule has 152 valence electrons. The van der Waals surface area contributed by atoms with Crippen LogP contribution in [0.5, 0.6) is 0 Å². The molecule has 2 aliphatic heterocycles. The van der Waals surface area contributed by atoms with Crippen molar-refractivity contribution in [3.05, 3.63) is 46.3 Å². The third kappa shape index (κ3) is 4.04. The van der Waals surface area contributed by atoms with E-state index >= 15 is 0 Å². The molecule has 0 saturated carbocycles. The third-order valence-corrected chi connectivity index (χ3v) is 6.24. The van der Waals surface area contributed by atoms with Crippen molar-refractivity contribution in [2.45, 2.75) is 44.4 Å². The zero-order valence-electron chi connectivity index (χ0n) is 16.3. The van der Waals surface area contributed by atoms with E-state index in [0.29, 0.717) is 6.04 Å². The Morgan fingerprint density at radius 1 is 1.07 bits per heavy atom.